The number of hydrogen-bond donors (Lipinski definition) is 3. The zero-order valence-electron chi connectivity index (χ0n) is 21.3. The zero-order valence-corrected chi connectivity index (χ0v) is 21.3. The summed E-state index contributed by atoms with van der Waals surface area (Å²) < 4.78 is 51.6. The van der Waals surface area contributed by atoms with Gasteiger partial charge in [-0.05, 0) is 48.9 Å². The maximum absolute atomic E-state index is 13.4. The molecule has 0 aliphatic carbocycles. The second-order valence-corrected chi connectivity index (χ2v) is 9.44. The lowest BCUT2D eigenvalue weighted by atomic mass is 10.1. The monoisotopic (exact) mass is 556 g/mol. The van der Waals surface area contributed by atoms with Gasteiger partial charge in [0.1, 0.15) is 29.1 Å². The van der Waals surface area contributed by atoms with Gasteiger partial charge in [-0.15, -0.1) is 0 Å². The van der Waals surface area contributed by atoms with Gasteiger partial charge in [0.05, 0.1) is 18.8 Å². The van der Waals surface area contributed by atoms with E-state index in [2.05, 4.69) is 20.6 Å². The van der Waals surface area contributed by atoms with Crippen LogP contribution in [-0.4, -0.2) is 65.6 Å². The minimum Gasteiger partial charge on any atom is -0.457 e. The predicted molar refractivity (Wildman–Crippen MR) is 139 cm³/mol. The quantitative estimate of drug-likeness (QED) is 0.386. The Bertz CT molecular complexity index is 1390. The molecule has 2 saturated heterocycles. The molecule has 3 aromatic rings. The topological polar surface area (TPSA) is 132 Å². The van der Waals surface area contributed by atoms with Crippen LogP contribution in [0.5, 0.6) is 11.5 Å². The normalized spacial score (nSPS) is 17.9. The fourth-order valence-electron chi connectivity index (χ4n) is 4.46. The summed E-state index contributed by atoms with van der Waals surface area (Å²) >= 11 is 0. The number of nitrogens with zero attached hydrogens (tertiary/aromatic N) is 3. The maximum atomic E-state index is 13.4. The van der Waals surface area contributed by atoms with Crippen molar-refractivity contribution in [3.8, 4) is 22.9 Å². The molecule has 0 bridgehead atoms. The summed E-state index contributed by atoms with van der Waals surface area (Å²) in [6, 6.07) is 10.9. The first-order chi connectivity index (χ1) is 19.2. The number of primary amides is 1. The highest BCUT2D eigenvalue weighted by Gasteiger charge is 2.31. The molecular weight excluding hydrogens is 529 g/mol. The third-order valence-corrected chi connectivity index (χ3v) is 6.58. The standard InChI is InChI=1S/C27H27F3N6O4/c28-27(29,30)18-3-6-22(17(13-18)15-36-9-11-39-12-10-36)40-19-4-1-16(2-5-19)25-34-21(24(31)37)14-23(35-25)33-20-7-8-32-26(20)38/h1-6,13-14,20H,7-12,15H2,(H2,31,37)(H,32,38)(H,33,34,35)/t20-/m0/s1. The maximum Gasteiger partial charge on any atom is 0.416 e. The number of halogens is 3. The van der Waals surface area contributed by atoms with Crippen molar-refractivity contribution in [3.63, 3.8) is 0 Å². The van der Waals surface area contributed by atoms with Crippen LogP contribution >= 0.6 is 0 Å². The third-order valence-electron chi connectivity index (χ3n) is 6.58. The molecule has 40 heavy (non-hydrogen) atoms. The fourth-order valence-corrected chi connectivity index (χ4v) is 4.46. The summed E-state index contributed by atoms with van der Waals surface area (Å²) in [6.07, 6.45) is -3.91. The van der Waals surface area contributed by atoms with Gasteiger partial charge in [-0.3, -0.25) is 14.5 Å². The van der Waals surface area contributed by atoms with Crippen LogP contribution in [0.4, 0.5) is 19.0 Å². The van der Waals surface area contributed by atoms with Crippen LogP contribution in [0.3, 0.4) is 0 Å². The number of amides is 2. The number of carbonyl (C=O) groups excluding carboxylic acids is 2. The molecule has 2 amide bonds. The van der Waals surface area contributed by atoms with Gasteiger partial charge in [0.25, 0.3) is 5.91 Å². The van der Waals surface area contributed by atoms with E-state index < -0.39 is 23.7 Å². The van der Waals surface area contributed by atoms with Crippen molar-refractivity contribution in [2.75, 3.05) is 38.2 Å². The van der Waals surface area contributed by atoms with Gasteiger partial charge < -0.3 is 25.8 Å². The van der Waals surface area contributed by atoms with Gasteiger partial charge >= 0.3 is 6.18 Å². The van der Waals surface area contributed by atoms with Crippen LogP contribution in [0.1, 0.15) is 28.0 Å². The molecule has 0 unspecified atom stereocenters. The molecule has 13 heteroatoms. The molecule has 0 saturated carbocycles. The molecule has 210 valence electrons. The first-order valence-electron chi connectivity index (χ1n) is 12.7. The Morgan fingerprint density at radius 1 is 1.12 bits per heavy atom. The van der Waals surface area contributed by atoms with E-state index in [4.69, 9.17) is 15.2 Å². The van der Waals surface area contributed by atoms with Crippen LogP contribution in [0.15, 0.2) is 48.5 Å². The number of anilines is 1. The Morgan fingerprint density at radius 3 is 2.52 bits per heavy atom. The van der Waals surface area contributed by atoms with Crippen LogP contribution in [0.2, 0.25) is 0 Å². The second-order valence-electron chi connectivity index (χ2n) is 9.44. The number of rotatable bonds is 8. The lowest BCUT2D eigenvalue weighted by molar-refractivity contribution is -0.137. The smallest absolute Gasteiger partial charge is 0.416 e. The summed E-state index contributed by atoms with van der Waals surface area (Å²) in [5.74, 6) is 0.250. The van der Waals surface area contributed by atoms with Crippen molar-refractivity contribution >= 4 is 17.6 Å². The predicted octanol–water partition coefficient (Wildman–Crippen LogP) is 3.19. The molecule has 0 spiro atoms. The average Bonchev–Trinajstić information content (AvgIpc) is 3.33. The number of nitrogens with two attached hydrogens (primary N) is 1. The molecule has 2 aliphatic rings. The number of hydrogen-bond acceptors (Lipinski definition) is 8. The Kier molecular flexibility index (Phi) is 7.85. The molecule has 4 N–H and O–H groups in total. The number of ether oxygens (including phenoxy) is 2. The van der Waals surface area contributed by atoms with Crippen LogP contribution in [0.25, 0.3) is 11.4 Å². The van der Waals surface area contributed by atoms with Gasteiger partial charge in [-0.2, -0.15) is 13.2 Å². The van der Waals surface area contributed by atoms with Gasteiger partial charge in [-0.25, -0.2) is 9.97 Å². The van der Waals surface area contributed by atoms with Crippen LogP contribution < -0.4 is 21.1 Å². The minimum absolute atomic E-state index is 0.0243. The van der Waals surface area contributed by atoms with Crippen molar-refractivity contribution in [1.29, 1.82) is 0 Å². The molecule has 1 aromatic heterocycles. The zero-order chi connectivity index (χ0) is 28.3. The molecule has 3 heterocycles. The molecule has 5 rings (SSSR count). The Morgan fingerprint density at radius 2 is 1.88 bits per heavy atom. The second kappa shape index (κ2) is 11.5. The molecule has 10 nitrogen and oxygen atoms in total. The van der Waals surface area contributed by atoms with E-state index in [-0.39, 0.29) is 29.8 Å². The van der Waals surface area contributed by atoms with Gasteiger partial charge in [0.2, 0.25) is 5.91 Å². The Balaban J connectivity index is 1.38. The highest BCUT2D eigenvalue weighted by Crippen LogP contribution is 2.35. The van der Waals surface area contributed by atoms with Crippen molar-refractivity contribution < 1.29 is 32.2 Å². The average molecular weight is 557 g/mol. The van der Waals surface area contributed by atoms with Crippen molar-refractivity contribution in [1.82, 2.24) is 20.2 Å². The number of carbonyl (C=O) groups is 2. The minimum atomic E-state index is -4.48. The molecule has 2 fully saturated rings. The number of benzene rings is 2. The highest BCUT2D eigenvalue weighted by atomic mass is 19.4. The van der Waals surface area contributed by atoms with Crippen LogP contribution in [-0.2, 0) is 22.3 Å². The molecule has 2 aliphatic heterocycles. The van der Waals surface area contributed by atoms with E-state index in [1.54, 1.807) is 24.3 Å². The van der Waals surface area contributed by atoms with Gasteiger partial charge in [0, 0.05) is 43.4 Å². The molecular formula is C27H27F3N6O4. The lowest BCUT2D eigenvalue weighted by Gasteiger charge is -2.27. The first kappa shape index (κ1) is 27.3. The number of nitrogens with one attached hydrogen (secondary N) is 2. The fraction of sp³-hybridized carbons (Fsp3) is 0.333. The summed E-state index contributed by atoms with van der Waals surface area (Å²) in [5, 5.41) is 5.73. The molecule has 1 atom stereocenters. The summed E-state index contributed by atoms with van der Waals surface area (Å²) in [5.41, 5.74) is 5.63. The van der Waals surface area contributed by atoms with Gasteiger partial charge in [0.15, 0.2) is 5.82 Å². The van der Waals surface area contributed by atoms with E-state index in [0.29, 0.717) is 61.9 Å². The third kappa shape index (κ3) is 6.49. The highest BCUT2D eigenvalue weighted by molar-refractivity contribution is 5.92. The Labute approximate surface area is 227 Å². The summed E-state index contributed by atoms with van der Waals surface area (Å²) in [6.45, 7) is 3.06. The van der Waals surface area contributed by atoms with E-state index >= 15 is 0 Å². The summed E-state index contributed by atoms with van der Waals surface area (Å²) in [4.78, 5) is 34.5. The Hall–Kier alpha value is -4.23. The number of morpholine rings is 1. The van der Waals surface area contributed by atoms with Crippen molar-refractivity contribution in [3.05, 3.63) is 65.4 Å². The number of alkyl halides is 3. The molecule has 2 aromatic carbocycles. The van der Waals surface area contributed by atoms with Gasteiger partial charge in [-0.1, -0.05) is 0 Å². The number of aromatic nitrogens is 2. The summed E-state index contributed by atoms with van der Waals surface area (Å²) in [7, 11) is 0. The van der Waals surface area contributed by atoms with E-state index in [0.717, 1.165) is 12.1 Å². The van der Waals surface area contributed by atoms with E-state index in [9.17, 15) is 22.8 Å². The van der Waals surface area contributed by atoms with Crippen LogP contribution in [0, 0.1) is 0 Å². The largest absolute Gasteiger partial charge is 0.457 e. The van der Waals surface area contributed by atoms with Crippen molar-refractivity contribution in [2.45, 2.75) is 25.2 Å². The first-order valence-corrected chi connectivity index (χ1v) is 12.7. The lowest BCUT2D eigenvalue weighted by Crippen LogP contribution is -2.35. The SMILES string of the molecule is NC(=O)c1cc(N[C@H]2CCNC2=O)nc(-c2ccc(Oc3ccc(C(F)(F)F)cc3CN3CCOCC3)cc2)n1. The van der Waals surface area contributed by atoms with E-state index in [1.165, 1.54) is 12.1 Å². The van der Waals surface area contributed by atoms with Crippen molar-refractivity contribution in [2.24, 2.45) is 5.73 Å². The molecule has 0 radical (unpaired) electrons. The van der Waals surface area contributed by atoms with E-state index in [1.807, 2.05) is 4.90 Å².